The number of nitrogens with zero attached hydrogens (tertiary/aromatic N) is 2. The summed E-state index contributed by atoms with van der Waals surface area (Å²) in [6.07, 6.45) is -0.866. The number of benzene rings is 2. The van der Waals surface area contributed by atoms with Crippen LogP contribution in [-0.2, 0) is 9.59 Å². The number of hydrogen-bond acceptors (Lipinski definition) is 6. The van der Waals surface area contributed by atoms with Gasteiger partial charge in [0.05, 0.1) is 29.5 Å². The van der Waals surface area contributed by atoms with Crippen molar-refractivity contribution in [3.8, 4) is 11.5 Å². The molecule has 1 unspecified atom stereocenters. The molecule has 1 heterocycles. The van der Waals surface area contributed by atoms with Crippen LogP contribution < -0.4 is 19.7 Å². The van der Waals surface area contributed by atoms with E-state index in [4.69, 9.17) is 21.1 Å². The number of fused-ring (bicyclic) bond motifs is 1. The zero-order valence-corrected chi connectivity index (χ0v) is 18.2. The lowest BCUT2D eigenvalue weighted by Gasteiger charge is -2.35. The molecule has 1 aliphatic heterocycles. The van der Waals surface area contributed by atoms with Crippen molar-refractivity contribution in [3.05, 3.63) is 51.0 Å². The average molecular weight is 448 g/mol. The molecule has 0 radical (unpaired) electrons. The van der Waals surface area contributed by atoms with E-state index in [1.54, 1.807) is 32.9 Å². The Bertz CT molecular complexity index is 1060. The van der Waals surface area contributed by atoms with Gasteiger partial charge in [-0.2, -0.15) is 0 Å². The molecule has 1 N–H and O–H groups in total. The van der Waals surface area contributed by atoms with Gasteiger partial charge in [-0.25, -0.2) is 0 Å². The Hall–Kier alpha value is -3.33. The second-order valence-corrected chi connectivity index (χ2v) is 7.87. The van der Waals surface area contributed by atoms with Crippen molar-refractivity contribution in [2.24, 2.45) is 5.92 Å². The highest BCUT2D eigenvalue weighted by atomic mass is 35.5. The summed E-state index contributed by atoms with van der Waals surface area (Å²) < 4.78 is 11.0. The summed E-state index contributed by atoms with van der Waals surface area (Å²) in [7, 11) is 1.46. The summed E-state index contributed by atoms with van der Waals surface area (Å²) in [6.45, 7) is 5.08. The van der Waals surface area contributed by atoms with E-state index in [0.29, 0.717) is 22.1 Å². The van der Waals surface area contributed by atoms with Gasteiger partial charge in [0.2, 0.25) is 5.91 Å². The third-order valence-electron chi connectivity index (χ3n) is 4.87. The number of nitro benzene ring substituents is 1. The summed E-state index contributed by atoms with van der Waals surface area (Å²) >= 11 is 6.11. The van der Waals surface area contributed by atoms with Crippen molar-refractivity contribution in [2.75, 3.05) is 23.9 Å². The van der Waals surface area contributed by atoms with Gasteiger partial charge in [0, 0.05) is 17.2 Å². The van der Waals surface area contributed by atoms with Crippen LogP contribution in [0.1, 0.15) is 19.4 Å². The SMILES string of the molecule is COc1cc(Cl)c(C)cc1NC(=O)CN1C(=O)C(C(C)C)Oc2cc([N+](=O)[O-])ccc21. The number of nitrogens with one attached hydrogen (secondary N) is 1. The Morgan fingerprint density at radius 2 is 2.06 bits per heavy atom. The second-order valence-electron chi connectivity index (χ2n) is 7.47. The Morgan fingerprint density at radius 3 is 2.68 bits per heavy atom. The lowest BCUT2D eigenvalue weighted by Crippen LogP contribution is -2.50. The Balaban J connectivity index is 1.91. The Kier molecular flexibility index (Phi) is 6.35. The fourth-order valence-electron chi connectivity index (χ4n) is 3.24. The van der Waals surface area contributed by atoms with Crippen LogP contribution in [0.4, 0.5) is 17.1 Å². The molecule has 0 bridgehead atoms. The molecule has 1 atom stereocenters. The van der Waals surface area contributed by atoms with Gasteiger partial charge in [0.1, 0.15) is 12.3 Å². The van der Waals surface area contributed by atoms with E-state index in [1.165, 1.54) is 30.2 Å². The molecule has 10 heteroatoms. The lowest BCUT2D eigenvalue weighted by molar-refractivity contribution is -0.384. The molecule has 0 saturated heterocycles. The number of hydrogen-bond donors (Lipinski definition) is 1. The number of anilines is 2. The summed E-state index contributed by atoms with van der Waals surface area (Å²) in [6, 6.07) is 7.20. The predicted octanol–water partition coefficient (Wildman–Crippen LogP) is 3.95. The molecule has 2 aromatic rings. The molecule has 164 valence electrons. The van der Waals surface area contributed by atoms with E-state index >= 15 is 0 Å². The number of methoxy groups -OCH3 is 1. The number of non-ortho nitro benzene ring substituents is 1. The highest BCUT2D eigenvalue weighted by molar-refractivity contribution is 6.31. The minimum Gasteiger partial charge on any atom is -0.495 e. The van der Waals surface area contributed by atoms with Gasteiger partial charge in [-0.1, -0.05) is 25.4 Å². The number of ether oxygens (including phenoxy) is 2. The molecule has 31 heavy (non-hydrogen) atoms. The largest absolute Gasteiger partial charge is 0.495 e. The quantitative estimate of drug-likeness (QED) is 0.530. The normalized spacial score (nSPS) is 15.4. The molecule has 1 aliphatic rings. The first-order valence-corrected chi connectivity index (χ1v) is 9.90. The van der Waals surface area contributed by atoms with Crippen LogP contribution in [0.5, 0.6) is 11.5 Å². The summed E-state index contributed by atoms with van der Waals surface area (Å²) in [5.41, 5.74) is 1.29. The zero-order valence-electron chi connectivity index (χ0n) is 17.5. The number of aryl methyl sites for hydroxylation is 1. The summed E-state index contributed by atoms with van der Waals surface area (Å²) in [5.74, 6) is -0.508. The maximum absolute atomic E-state index is 13.0. The number of nitro groups is 1. The van der Waals surface area contributed by atoms with Gasteiger partial charge >= 0.3 is 0 Å². The van der Waals surface area contributed by atoms with Crippen molar-refractivity contribution >= 4 is 40.5 Å². The van der Waals surface area contributed by atoms with Gasteiger partial charge in [-0.15, -0.1) is 0 Å². The number of rotatable bonds is 6. The van der Waals surface area contributed by atoms with E-state index in [1.807, 2.05) is 0 Å². The highest BCUT2D eigenvalue weighted by Crippen LogP contribution is 2.38. The molecule has 0 aromatic heterocycles. The molecular weight excluding hydrogens is 426 g/mol. The molecule has 0 aliphatic carbocycles. The van der Waals surface area contributed by atoms with E-state index < -0.39 is 22.8 Å². The lowest BCUT2D eigenvalue weighted by atomic mass is 10.0. The summed E-state index contributed by atoms with van der Waals surface area (Å²) in [5, 5.41) is 14.4. The van der Waals surface area contributed by atoms with Crippen molar-refractivity contribution in [1.29, 1.82) is 0 Å². The minimum absolute atomic E-state index is 0.165. The van der Waals surface area contributed by atoms with Crippen LogP contribution >= 0.6 is 11.6 Å². The Morgan fingerprint density at radius 1 is 1.35 bits per heavy atom. The van der Waals surface area contributed by atoms with Crippen molar-refractivity contribution in [1.82, 2.24) is 0 Å². The van der Waals surface area contributed by atoms with Crippen LogP contribution in [0.15, 0.2) is 30.3 Å². The molecule has 0 fully saturated rings. The first-order chi connectivity index (χ1) is 14.6. The molecular formula is C21H22ClN3O6. The van der Waals surface area contributed by atoms with Gasteiger partial charge in [-0.3, -0.25) is 24.6 Å². The van der Waals surface area contributed by atoms with E-state index in [0.717, 1.165) is 5.56 Å². The molecule has 0 spiro atoms. The van der Waals surface area contributed by atoms with Crippen LogP contribution in [0.3, 0.4) is 0 Å². The molecule has 9 nitrogen and oxygen atoms in total. The number of halogens is 1. The summed E-state index contributed by atoms with van der Waals surface area (Å²) in [4.78, 5) is 37.7. The monoisotopic (exact) mass is 447 g/mol. The van der Waals surface area contributed by atoms with Gasteiger partial charge in [0.15, 0.2) is 11.9 Å². The van der Waals surface area contributed by atoms with E-state index in [2.05, 4.69) is 5.32 Å². The fraction of sp³-hybridized carbons (Fsp3) is 0.333. The van der Waals surface area contributed by atoms with Gasteiger partial charge in [0.25, 0.3) is 11.6 Å². The highest BCUT2D eigenvalue weighted by Gasteiger charge is 2.38. The maximum atomic E-state index is 13.0. The van der Waals surface area contributed by atoms with Crippen LogP contribution in [0.25, 0.3) is 0 Å². The minimum atomic E-state index is -0.866. The van der Waals surface area contributed by atoms with Crippen LogP contribution in [0, 0.1) is 23.0 Å². The third kappa shape index (κ3) is 4.56. The fourth-order valence-corrected chi connectivity index (χ4v) is 3.39. The van der Waals surface area contributed by atoms with Crippen molar-refractivity contribution in [3.63, 3.8) is 0 Å². The second kappa shape index (κ2) is 8.81. The zero-order chi connectivity index (χ0) is 22.9. The van der Waals surface area contributed by atoms with Gasteiger partial charge in [-0.05, 0) is 30.5 Å². The maximum Gasteiger partial charge on any atom is 0.273 e. The number of amides is 2. The number of carbonyl (C=O) groups is 2. The molecule has 0 saturated carbocycles. The smallest absolute Gasteiger partial charge is 0.273 e. The van der Waals surface area contributed by atoms with E-state index in [9.17, 15) is 19.7 Å². The predicted molar refractivity (Wildman–Crippen MR) is 116 cm³/mol. The standard InChI is InChI=1S/C21H22ClN3O6/c1-11(2)20-21(27)24(16-6-5-13(25(28)29)8-18(16)31-20)10-19(26)23-15-7-12(3)14(22)9-17(15)30-4/h5-9,11,20H,10H2,1-4H3,(H,23,26). The Labute approximate surface area is 184 Å². The van der Waals surface area contributed by atoms with Crippen molar-refractivity contribution in [2.45, 2.75) is 26.9 Å². The molecule has 2 amide bonds. The molecule has 3 rings (SSSR count). The average Bonchev–Trinajstić information content (AvgIpc) is 2.71. The topological polar surface area (TPSA) is 111 Å². The van der Waals surface area contributed by atoms with Crippen LogP contribution in [0.2, 0.25) is 5.02 Å². The first-order valence-electron chi connectivity index (χ1n) is 9.52. The molecule has 2 aromatic carbocycles. The number of carbonyl (C=O) groups excluding carboxylic acids is 2. The van der Waals surface area contributed by atoms with E-state index in [-0.39, 0.29) is 23.9 Å². The third-order valence-corrected chi connectivity index (χ3v) is 5.28. The first kappa shape index (κ1) is 22.4. The van der Waals surface area contributed by atoms with Gasteiger partial charge < -0.3 is 14.8 Å². The van der Waals surface area contributed by atoms with Crippen molar-refractivity contribution < 1.29 is 24.0 Å². The van der Waals surface area contributed by atoms with Crippen LogP contribution in [-0.4, -0.2) is 36.5 Å².